The summed E-state index contributed by atoms with van der Waals surface area (Å²) in [5.74, 6) is -0.290. The van der Waals surface area contributed by atoms with Crippen molar-refractivity contribution in [3.63, 3.8) is 0 Å². The maximum atomic E-state index is 13.3. The van der Waals surface area contributed by atoms with Gasteiger partial charge in [0.05, 0.1) is 31.7 Å². The van der Waals surface area contributed by atoms with Crippen LogP contribution < -0.4 is 15.8 Å². The van der Waals surface area contributed by atoms with Crippen LogP contribution in [0.1, 0.15) is 6.42 Å². The van der Waals surface area contributed by atoms with Crippen LogP contribution >= 0.6 is 0 Å². The number of nitrogens with two attached hydrogens (primary N) is 1. The van der Waals surface area contributed by atoms with Gasteiger partial charge in [-0.1, -0.05) is 0 Å². The quantitative estimate of drug-likeness (QED) is 0.531. The first-order valence-corrected chi connectivity index (χ1v) is 6.12. The van der Waals surface area contributed by atoms with Gasteiger partial charge in [-0.2, -0.15) is 0 Å². The molecule has 108 valence electrons. The molecule has 0 amide bonds. The summed E-state index contributed by atoms with van der Waals surface area (Å²) < 4.78 is 28.4. The van der Waals surface area contributed by atoms with Crippen LogP contribution in [0.4, 0.5) is 15.8 Å². The minimum Gasteiger partial charge on any atom is -0.494 e. The molecule has 0 atom stereocenters. The number of benzene rings is 1. The molecule has 1 aromatic rings. The summed E-state index contributed by atoms with van der Waals surface area (Å²) in [5, 5.41) is 3.12. The number of nitrogens with one attached hydrogen (secondary N) is 1. The molecule has 0 bridgehead atoms. The van der Waals surface area contributed by atoms with E-state index in [1.54, 1.807) is 13.2 Å². The lowest BCUT2D eigenvalue weighted by Gasteiger charge is -2.11. The van der Waals surface area contributed by atoms with Crippen molar-refractivity contribution in [2.75, 3.05) is 51.6 Å². The molecule has 0 radical (unpaired) electrons. The Labute approximate surface area is 112 Å². The molecule has 0 heterocycles. The van der Waals surface area contributed by atoms with E-state index in [0.717, 1.165) is 6.42 Å². The van der Waals surface area contributed by atoms with Crippen molar-refractivity contribution in [2.24, 2.45) is 0 Å². The van der Waals surface area contributed by atoms with E-state index < -0.39 is 5.82 Å². The van der Waals surface area contributed by atoms with Crippen LogP contribution in [0.2, 0.25) is 0 Å². The average molecular weight is 272 g/mol. The molecule has 0 saturated heterocycles. The van der Waals surface area contributed by atoms with E-state index in [4.69, 9.17) is 19.9 Å². The largest absolute Gasteiger partial charge is 0.494 e. The molecule has 0 aliphatic rings. The van der Waals surface area contributed by atoms with Gasteiger partial charge in [-0.25, -0.2) is 4.39 Å². The first kappa shape index (κ1) is 15.5. The number of rotatable bonds is 9. The molecule has 6 heteroatoms. The van der Waals surface area contributed by atoms with Crippen molar-refractivity contribution in [1.82, 2.24) is 0 Å². The lowest BCUT2D eigenvalue weighted by atomic mass is 10.2. The smallest absolute Gasteiger partial charge is 0.167 e. The Kier molecular flexibility index (Phi) is 6.99. The summed E-state index contributed by atoms with van der Waals surface area (Å²) in [6, 6.07) is 2.80. The summed E-state index contributed by atoms with van der Waals surface area (Å²) in [5.41, 5.74) is 6.74. The van der Waals surface area contributed by atoms with E-state index in [0.29, 0.717) is 37.7 Å². The van der Waals surface area contributed by atoms with Gasteiger partial charge in [0.1, 0.15) is 0 Å². The normalized spacial score (nSPS) is 10.5. The fourth-order valence-corrected chi connectivity index (χ4v) is 1.52. The highest BCUT2D eigenvalue weighted by Crippen LogP contribution is 2.27. The van der Waals surface area contributed by atoms with Gasteiger partial charge in [-0.3, -0.25) is 0 Å². The zero-order valence-electron chi connectivity index (χ0n) is 11.4. The molecule has 0 spiro atoms. The molecule has 3 N–H and O–H groups in total. The summed E-state index contributed by atoms with van der Waals surface area (Å²) in [6.07, 6.45) is 0.822. The summed E-state index contributed by atoms with van der Waals surface area (Å²) >= 11 is 0. The Hall–Kier alpha value is -1.53. The van der Waals surface area contributed by atoms with Crippen LogP contribution in [0.5, 0.6) is 5.75 Å². The van der Waals surface area contributed by atoms with Crippen LogP contribution in [0.25, 0.3) is 0 Å². The van der Waals surface area contributed by atoms with E-state index in [9.17, 15) is 4.39 Å². The maximum absolute atomic E-state index is 13.3. The summed E-state index contributed by atoms with van der Waals surface area (Å²) in [6.45, 7) is 2.50. The third kappa shape index (κ3) is 5.32. The maximum Gasteiger partial charge on any atom is 0.167 e. The Morgan fingerprint density at radius 3 is 2.68 bits per heavy atom. The molecule has 0 saturated carbocycles. The molecule has 0 aliphatic carbocycles. The number of nitrogen functional groups attached to an aromatic ring is 1. The van der Waals surface area contributed by atoms with Gasteiger partial charge in [0.2, 0.25) is 0 Å². The number of methoxy groups -OCH3 is 2. The third-order valence-electron chi connectivity index (χ3n) is 2.54. The molecule has 0 fully saturated rings. The Bertz CT molecular complexity index is 388. The highest BCUT2D eigenvalue weighted by atomic mass is 19.1. The van der Waals surface area contributed by atoms with Crippen LogP contribution in [-0.2, 0) is 9.47 Å². The Morgan fingerprint density at radius 1 is 1.21 bits per heavy atom. The van der Waals surface area contributed by atoms with Gasteiger partial charge < -0.3 is 25.3 Å². The van der Waals surface area contributed by atoms with Gasteiger partial charge in [-0.05, 0) is 6.42 Å². The summed E-state index contributed by atoms with van der Waals surface area (Å²) in [4.78, 5) is 0. The molecule has 19 heavy (non-hydrogen) atoms. The highest BCUT2D eigenvalue weighted by Gasteiger charge is 2.07. The summed E-state index contributed by atoms with van der Waals surface area (Å²) in [7, 11) is 3.05. The second-order valence-electron chi connectivity index (χ2n) is 3.96. The zero-order chi connectivity index (χ0) is 14.1. The van der Waals surface area contributed by atoms with Gasteiger partial charge in [0, 0.05) is 32.4 Å². The first-order valence-electron chi connectivity index (χ1n) is 6.12. The van der Waals surface area contributed by atoms with Crippen LogP contribution in [0.3, 0.4) is 0 Å². The standard InChI is InChI=1S/C13H21FN2O3/c1-17-6-7-19-5-3-4-16-12-9-13(18-2)10(14)8-11(12)15/h8-9,16H,3-7,15H2,1-2H3. The van der Waals surface area contributed by atoms with E-state index in [2.05, 4.69) is 5.32 Å². The number of hydrogen-bond acceptors (Lipinski definition) is 5. The van der Waals surface area contributed by atoms with Crippen molar-refractivity contribution in [3.8, 4) is 5.75 Å². The lowest BCUT2D eigenvalue weighted by molar-refractivity contribution is 0.0705. The highest BCUT2D eigenvalue weighted by molar-refractivity contribution is 5.68. The second-order valence-corrected chi connectivity index (χ2v) is 3.96. The Balaban J connectivity index is 2.33. The van der Waals surface area contributed by atoms with Crippen molar-refractivity contribution in [2.45, 2.75) is 6.42 Å². The van der Waals surface area contributed by atoms with Crippen molar-refractivity contribution in [3.05, 3.63) is 17.9 Å². The van der Waals surface area contributed by atoms with Gasteiger partial charge in [0.15, 0.2) is 11.6 Å². The SMILES string of the molecule is COCCOCCCNc1cc(OC)c(F)cc1N. The van der Waals surface area contributed by atoms with Gasteiger partial charge in [-0.15, -0.1) is 0 Å². The predicted octanol–water partition coefficient (Wildman–Crippen LogP) is 1.88. The number of halogens is 1. The molecule has 0 aromatic heterocycles. The third-order valence-corrected chi connectivity index (χ3v) is 2.54. The second kappa shape index (κ2) is 8.55. The van der Waals surface area contributed by atoms with Crippen LogP contribution in [0.15, 0.2) is 12.1 Å². The fourth-order valence-electron chi connectivity index (χ4n) is 1.52. The van der Waals surface area contributed by atoms with Crippen molar-refractivity contribution >= 4 is 11.4 Å². The minimum atomic E-state index is -0.464. The topological polar surface area (TPSA) is 65.7 Å². The van der Waals surface area contributed by atoms with Crippen LogP contribution in [0, 0.1) is 5.82 Å². The molecule has 0 unspecified atom stereocenters. The number of hydrogen-bond donors (Lipinski definition) is 2. The molecular weight excluding hydrogens is 251 g/mol. The van der Waals surface area contributed by atoms with Crippen molar-refractivity contribution in [1.29, 1.82) is 0 Å². The fraction of sp³-hybridized carbons (Fsp3) is 0.538. The zero-order valence-corrected chi connectivity index (χ0v) is 11.4. The van der Waals surface area contributed by atoms with Crippen LogP contribution in [-0.4, -0.2) is 40.6 Å². The first-order chi connectivity index (χ1) is 9.19. The van der Waals surface area contributed by atoms with E-state index in [1.807, 2.05) is 0 Å². The monoisotopic (exact) mass is 272 g/mol. The molecule has 5 nitrogen and oxygen atoms in total. The van der Waals surface area contributed by atoms with E-state index in [1.165, 1.54) is 13.2 Å². The van der Waals surface area contributed by atoms with Crippen molar-refractivity contribution < 1.29 is 18.6 Å². The molecule has 1 aromatic carbocycles. The number of ether oxygens (including phenoxy) is 3. The number of anilines is 2. The minimum absolute atomic E-state index is 0.174. The molecular formula is C13H21FN2O3. The van der Waals surface area contributed by atoms with Gasteiger partial charge in [0.25, 0.3) is 0 Å². The Morgan fingerprint density at radius 2 is 2.00 bits per heavy atom. The van der Waals surface area contributed by atoms with E-state index in [-0.39, 0.29) is 5.75 Å². The lowest BCUT2D eigenvalue weighted by Crippen LogP contribution is -2.09. The van der Waals surface area contributed by atoms with E-state index >= 15 is 0 Å². The van der Waals surface area contributed by atoms with Gasteiger partial charge >= 0.3 is 0 Å². The average Bonchev–Trinajstić information content (AvgIpc) is 2.40. The molecule has 1 rings (SSSR count). The molecule has 0 aliphatic heterocycles. The predicted molar refractivity (Wildman–Crippen MR) is 73.2 cm³/mol.